The number of rotatable bonds is 7. The van der Waals surface area contributed by atoms with Crippen molar-refractivity contribution in [1.82, 2.24) is 4.72 Å². The van der Waals surface area contributed by atoms with Crippen LogP contribution in [0.3, 0.4) is 0 Å². The standard InChI is InChI=1S/C23H19NO4S2/c25-13-14(26)12-24-30-16-10-8-15(9-11-16)29-20-7-3-6-19-21(20)23(28)18-5-2-1-4-17(18)22(19)27/h1-11,14,24-26H,12-13H2. The normalized spacial score (nSPS) is 13.7. The maximum absolute atomic E-state index is 13.1. The van der Waals surface area contributed by atoms with Gasteiger partial charge in [-0.1, -0.05) is 48.2 Å². The Kier molecular flexibility index (Phi) is 6.36. The molecule has 0 saturated carbocycles. The molecule has 30 heavy (non-hydrogen) atoms. The third-order valence-corrected chi connectivity index (χ3v) is 6.57. The van der Waals surface area contributed by atoms with Crippen molar-refractivity contribution in [3.8, 4) is 0 Å². The number of benzene rings is 3. The van der Waals surface area contributed by atoms with Gasteiger partial charge in [-0.15, -0.1) is 0 Å². The van der Waals surface area contributed by atoms with Crippen molar-refractivity contribution in [1.29, 1.82) is 0 Å². The number of hydrogen-bond acceptors (Lipinski definition) is 7. The number of hydrogen-bond donors (Lipinski definition) is 3. The number of carbonyl (C=O) groups is 2. The summed E-state index contributed by atoms with van der Waals surface area (Å²) in [6, 6.07) is 20.1. The van der Waals surface area contributed by atoms with Crippen LogP contribution in [-0.2, 0) is 0 Å². The average molecular weight is 438 g/mol. The first kappa shape index (κ1) is 20.8. The Morgan fingerprint density at radius 1 is 0.800 bits per heavy atom. The highest BCUT2D eigenvalue weighted by Gasteiger charge is 2.31. The number of carbonyl (C=O) groups excluding carboxylic acids is 2. The molecule has 1 aliphatic rings. The Bertz CT molecular complexity index is 1100. The Hall–Kier alpha value is -2.42. The predicted octanol–water partition coefficient (Wildman–Crippen LogP) is 3.56. The minimum absolute atomic E-state index is 0.120. The maximum Gasteiger partial charge on any atom is 0.195 e. The zero-order valence-corrected chi connectivity index (χ0v) is 17.5. The second-order valence-corrected chi connectivity index (χ2v) is 8.82. The Morgan fingerprint density at radius 2 is 1.43 bits per heavy atom. The summed E-state index contributed by atoms with van der Waals surface area (Å²) in [7, 11) is 0. The third kappa shape index (κ3) is 4.21. The molecular weight excluding hydrogens is 418 g/mol. The molecule has 1 aliphatic carbocycles. The van der Waals surface area contributed by atoms with Crippen LogP contribution >= 0.6 is 23.7 Å². The predicted molar refractivity (Wildman–Crippen MR) is 117 cm³/mol. The van der Waals surface area contributed by atoms with Gasteiger partial charge >= 0.3 is 0 Å². The lowest BCUT2D eigenvalue weighted by Crippen LogP contribution is -2.25. The molecule has 3 N–H and O–H groups in total. The topological polar surface area (TPSA) is 86.6 Å². The Balaban J connectivity index is 1.54. The summed E-state index contributed by atoms with van der Waals surface area (Å²) < 4.78 is 3.00. The van der Waals surface area contributed by atoms with Gasteiger partial charge in [0, 0.05) is 43.5 Å². The Labute approximate surface area is 182 Å². The summed E-state index contributed by atoms with van der Waals surface area (Å²) in [5, 5.41) is 18.2. The summed E-state index contributed by atoms with van der Waals surface area (Å²) in [5.41, 5.74) is 1.81. The number of fused-ring (bicyclic) bond motifs is 2. The molecule has 0 fully saturated rings. The van der Waals surface area contributed by atoms with E-state index in [2.05, 4.69) is 4.72 Å². The van der Waals surface area contributed by atoms with Gasteiger partial charge in [0.1, 0.15) is 0 Å². The first-order valence-corrected chi connectivity index (χ1v) is 11.0. The first-order chi connectivity index (χ1) is 14.6. The lowest BCUT2D eigenvalue weighted by molar-refractivity contribution is 0.0977. The van der Waals surface area contributed by atoms with Gasteiger partial charge in [-0.3, -0.25) is 14.3 Å². The SMILES string of the molecule is O=C1c2ccccc2C(=O)c2c(Sc3ccc(SNCC(O)CO)cc3)cccc21. The van der Waals surface area contributed by atoms with E-state index in [4.69, 9.17) is 5.11 Å². The van der Waals surface area contributed by atoms with E-state index in [1.165, 1.54) is 23.7 Å². The van der Waals surface area contributed by atoms with Gasteiger partial charge in [0.2, 0.25) is 0 Å². The quantitative estimate of drug-likeness (QED) is 0.381. The fourth-order valence-electron chi connectivity index (χ4n) is 3.19. The molecule has 4 rings (SSSR count). The highest BCUT2D eigenvalue weighted by atomic mass is 32.2. The number of ketones is 2. The molecule has 3 aromatic rings. The molecule has 0 bridgehead atoms. The molecule has 1 unspecified atom stereocenters. The zero-order chi connectivity index (χ0) is 21.1. The van der Waals surface area contributed by atoms with E-state index in [-0.39, 0.29) is 24.7 Å². The third-order valence-electron chi connectivity index (χ3n) is 4.69. The number of aliphatic hydroxyl groups is 2. The van der Waals surface area contributed by atoms with Crippen molar-refractivity contribution in [2.45, 2.75) is 20.8 Å². The smallest absolute Gasteiger partial charge is 0.195 e. The highest BCUT2D eigenvalue weighted by molar-refractivity contribution is 7.99. The van der Waals surface area contributed by atoms with E-state index in [0.29, 0.717) is 22.3 Å². The van der Waals surface area contributed by atoms with Crippen LogP contribution in [-0.4, -0.2) is 41.0 Å². The molecule has 0 aliphatic heterocycles. The van der Waals surface area contributed by atoms with Crippen LogP contribution in [0, 0.1) is 0 Å². The summed E-state index contributed by atoms with van der Waals surface area (Å²) >= 11 is 2.81. The van der Waals surface area contributed by atoms with E-state index >= 15 is 0 Å². The van der Waals surface area contributed by atoms with Crippen LogP contribution in [0.15, 0.2) is 81.4 Å². The van der Waals surface area contributed by atoms with Crippen molar-refractivity contribution >= 4 is 35.3 Å². The molecular formula is C23H19NO4S2. The van der Waals surface area contributed by atoms with Crippen molar-refractivity contribution in [3.63, 3.8) is 0 Å². The second kappa shape index (κ2) is 9.16. The molecule has 0 saturated heterocycles. The van der Waals surface area contributed by atoms with Crippen molar-refractivity contribution < 1.29 is 19.8 Å². The van der Waals surface area contributed by atoms with Crippen LogP contribution in [0.25, 0.3) is 0 Å². The second-order valence-electron chi connectivity index (χ2n) is 6.74. The molecule has 0 spiro atoms. The highest BCUT2D eigenvalue weighted by Crippen LogP contribution is 2.37. The minimum Gasteiger partial charge on any atom is -0.394 e. The van der Waals surface area contributed by atoms with Crippen molar-refractivity contribution in [2.75, 3.05) is 13.2 Å². The molecule has 0 aromatic heterocycles. The minimum atomic E-state index is -0.790. The van der Waals surface area contributed by atoms with Crippen LogP contribution in [0.1, 0.15) is 31.8 Å². The molecule has 7 heteroatoms. The van der Waals surface area contributed by atoms with Crippen molar-refractivity contribution in [2.24, 2.45) is 0 Å². The summed E-state index contributed by atoms with van der Waals surface area (Å²) in [5.74, 6) is -0.243. The Morgan fingerprint density at radius 3 is 2.13 bits per heavy atom. The van der Waals surface area contributed by atoms with Gasteiger partial charge in [-0.05, 0) is 42.3 Å². The molecule has 0 radical (unpaired) electrons. The van der Waals surface area contributed by atoms with Gasteiger partial charge in [-0.2, -0.15) is 0 Å². The van der Waals surface area contributed by atoms with E-state index in [0.717, 1.165) is 14.7 Å². The van der Waals surface area contributed by atoms with Gasteiger partial charge < -0.3 is 10.2 Å². The van der Waals surface area contributed by atoms with E-state index < -0.39 is 6.10 Å². The lowest BCUT2D eigenvalue weighted by Gasteiger charge is -2.19. The van der Waals surface area contributed by atoms with Crippen LogP contribution in [0.4, 0.5) is 0 Å². The molecule has 152 valence electrons. The lowest BCUT2D eigenvalue weighted by atomic mass is 9.84. The first-order valence-electron chi connectivity index (χ1n) is 9.36. The molecule has 3 aromatic carbocycles. The van der Waals surface area contributed by atoms with Gasteiger partial charge in [-0.25, -0.2) is 0 Å². The molecule has 1 atom stereocenters. The fraction of sp³-hybridized carbons (Fsp3) is 0.130. The summed E-state index contributed by atoms with van der Waals surface area (Å²) in [6.07, 6.45) is -0.790. The summed E-state index contributed by atoms with van der Waals surface area (Å²) in [4.78, 5) is 28.6. The van der Waals surface area contributed by atoms with Gasteiger partial charge in [0.15, 0.2) is 11.6 Å². The fourth-order valence-corrected chi connectivity index (χ4v) is 4.88. The van der Waals surface area contributed by atoms with Crippen LogP contribution in [0.5, 0.6) is 0 Å². The number of aliphatic hydroxyl groups excluding tert-OH is 2. The zero-order valence-electron chi connectivity index (χ0n) is 15.9. The van der Waals surface area contributed by atoms with E-state index in [1.54, 1.807) is 36.4 Å². The monoisotopic (exact) mass is 437 g/mol. The number of nitrogens with one attached hydrogen (secondary N) is 1. The van der Waals surface area contributed by atoms with E-state index in [1.807, 2.05) is 30.3 Å². The molecule has 5 nitrogen and oxygen atoms in total. The van der Waals surface area contributed by atoms with Crippen molar-refractivity contribution in [3.05, 3.63) is 89.0 Å². The van der Waals surface area contributed by atoms with E-state index in [9.17, 15) is 14.7 Å². The maximum atomic E-state index is 13.1. The van der Waals surface area contributed by atoms with Crippen LogP contribution in [0.2, 0.25) is 0 Å². The summed E-state index contributed by atoms with van der Waals surface area (Å²) in [6.45, 7) is 0.00165. The van der Waals surface area contributed by atoms with Gasteiger partial charge in [0.25, 0.3) is 0 Å². The average Bonchev–Trinajstić information content (AvgIpc) is 2.78. The van der Waals surface area contributed by atoms with Crippen LogP contribution < -0.4 is 4.72 Å². The molecule has 0 heterocycles. The molecule has 0 amide bonds. The van der Waals surface area contributed by atoms with Gasteiger partial charge in [0.05, 0.1) is 12.7 Å². The largest absolute Gasteiger partial charge is 0.394 e.